The van der Waals surface area contributed by atoms with Crippen molar-refractivity contribution in [2.24, 2.45) is 0 Å². The number of hydrogen-bond acceptors (Lipinski definition) is 2. The van der Waals surface area contributed by atoms with E-state index in [4.69, 9.17) is 0 Å². The molecule has 2 aromatic carbocycles. The Morgan fingerprint density at radius 1 is 1.05 bits per heavy atom. The topological polar surface area (TPSA) is 73.6 Å². The molecule has 21 heavy (non-hydrogen) atoms. The number of fused-ring (bicyclic) bond motifs is 2. The summed E-state index contributed by atoms with van der Waals surface area (Å²) in [5.74, 6) is 0.361. The van der Waals surface area contributed by atoms with Crippen molar-refractivity contribution in [3.8, 4) is 0 Å². The average molecular weight is 276 g/mol. The third-order valence-electron chi connectivity index (χ3n) is 3.53. The molecule has 0 aliphatic rings. The number of benzene rings is 2. The molecule has 0 spiro atoms. The van der Waals surface area contributed by atoms with Gasteiger partial charge < -0.3 is 10.3 Å². The van der Waals surface area contributed by atoms with E-state index in [1.165, 1.54) is 0 Å². The molecule has 0 radical (unpaired) electrons. The van der Waals surface area contributed by atoms with Gasteiger partial charge in [-0.2, -0.15) is 5.10 Å². The maximum absolute atomic E-state index is 12.5. The lowest BCUT2D eigenvalue weighted by Crippen LogP contribution is -2.12. The molecule has 4 rings (SSSR count). The number of carbonyl (C=O) groups excluding carboxylic acids is 1. The third kappa shape index (κ3) is 1.87. The first-order valence-electron chi connectivity index (χ1n) is 6.63. The lowest BCUT2D eigenvalue weighted by Gasteiger charge is -2.04. The summed E-state index contributed by atoms with van der Waals surface area (Å²) in [5, 5.41) is 11.8. The summed E-state index contributed by atoms with van der Waals surface area (Å²) in [6, 6.07) is 15.2. The summed E-state index contributed by atoms with van der Waals surface area (Å²) in [4.78, 5) is 15.6. The van der Waals surface area contributed by atoms with E-state index < -0.39 is 0 Å². The van der Waals surface area contributed by atoms with Crippen molar-refractivity contribution in [2.45, 2.75) is 0 Å². The van der Waals surface area contributed by atoms with Crippen molar-refractivity contribution in [3.05, 3.63) is 60.3 Å². The molecule has 3 N–H and O–H groups in total. The summed E-state index contributed by atoms with van der Waals surface area (Å²) < 4.78 is 0. The Kier molecular flexibility index (Phi) is 2.50. The lowest BCUT2D eigenvalue weighted by atomic mass is 10.1. The quantitative estimate of drug-likeness (QED) is 0.525. The molecule has 0 atom stereocenters. The second kappa shape index (κ2) is 4.49. The zero-order valence-corrected chi connectivity index (χ0v) is 11.1. The largest absolute Gasteiger partial charge is 0.361 e. The number of carbonyl (C=O) groups is 1. The number of hydrogen-bond donors (Lipinski definition) is 3. The maximum atomic E-state index is 12.5. The fraction of sp³-hybridized carbons (Fsp3) is 0. The third-order valence-corrected chi connectivity index (χ3v) is 3.53. The molecule has 0 aliphatic carbocycles. The average Bonchev–Trinajstić information content (AvgIpc) is 3.14. The summed E-state index contributed by atoms with van der Waals surface area (Å²) in [6.07, 6.45) is 1.82. The molecule has 0 fully saturated rings. The number of H-pyrrole nitrogens is 2. The number of para-hydroxylation sites is 2. The van der Waals surface area contributed by atoms with Gasteiger partial charge in [0.1, 0.15) is 0 Å². The van der Waals surface area contributed by atoms with Gasteiger partial charge in [0.05, 0.1) is 16.6 Å². The van der Waals surface area contributed by atoms with E-state index in [2.05, 4.69) is 20.5 Å². The smallest absolute Gasteiger partial charge is 0.259 e. The Labute approximate surface area is 120 Å². The second-order valence-corrected chi connectivity index (χ2v) is 4.82. The number of amides is 1. The molecule has 2 aromatic heterocycles. The summed E-state index contributed by atoms with van der Waals surface area (Å²) in [6.45, 7) is 0. The predicted molar refractivity (Wildman–Crippen MR) is 82.3 cm³/mol. The van der Waals surface area contributed by atoms with E-state index in [-0.39, 0.29) is 5.91 Å². The van der Waals surface area contributed by atoms with Gasteiger partial charge in [-0.3, -0.25) is 9.89 Å². The fourth-order valence-corrected chi connectivity index (χ4v) is 2.51. The van der Waals surface area contributed by atoms with E-state index in [1.807, 2.05) is 48.7 Å². The SMILES string of the molecule is O=C(Nc1n[nH]c2ccccc12)c1cccc2cc[nH]c12. The van der Waals surface area contributed by atoms with Gasteiger partial charge in [0.25, 0.3) is 5.91 Å². The molecule has 5 nitrogen and oxygen atoms in total. The molecule has 0 saturated carbocycles. The van der Waals surface area contributed by atoms with Gasteiger partial charge in [-0.1, -0.05) is 24.3 Å². The van der Waals surface area contributed by atoms with Crippen LogP contribution in [0.4, 0.5) is 5.82 Å². The van der Waals surface area contributed by atoms with E-state index >= 15 is 0 Å². The molecule has 0 aliphatic heterocycles. The number of aromatic nitrogens is 3. The normalized spacial score (nSPS) is 11.0. The molecule has 102 valence electrons. The van der Waals surface area contributed by atoms with Crippen LogP contribution in [0.1, 0.15) is 10.4 Å². The second-order valence-electron chi connectivity index (χ2n) is 4.82. The Morgan fingerprint density at radius 3 is 2.90 bits per heavy atom. The van der Waals surface area contributed by atoms with Crippen LogP contribution in [0, 0.1) is 0 Å². The van der Waals surface area contributed by atoms with Crippen LogP contribution >= 0.6 is 0 Å². The highest BCUT2D eigenvalue weighted by Crippen LogP contribution is 2.22. The maximum Gasteiger partial charge on any atom is 0.259 e. The first kappa shape index (κ1) is 11.7. The van der Waals surface area contributed by atoms with Gasteiger partial charge in [-0.05, 0) is 24.3 Å². The first-order valence-corrected chi connectivity index (χ1v) is 6.63. The van der Waals surface area contributed by atoms with E-state index in [0.717, 1.165) is 21.8 Å². The number of aromatic amines is 2. The Hall–Kier alpha value is -3.08. The molecule has 4 aromatic rings. The van der Waals surface area contributed by atoms with Crippen LogP contribution in [-0.2, 0) is 0 Å². The molecular formula is C16H12N4O. The number of nitrogens with one attached hydrogen (secondary N) is 3. The highest BCUT2D eigenvalue weighted by Gasteiger charge is 2.13. The minimum Gasteiger partial charge on any atom is -0.361 e. The van der Waals surface area contributed by atoms with Crippen molar-refractivity contribution in [3.63, 3.8) is 0 Å². The van der Waals surface area contributed by atoms with Crippen molar-refractivity contribution in [1.29, 1.82) is 0 Å². The molecule has 0 bridgehead atoms. The lowest BCUT2D eigenvalue weighted by molar-refractivity contribution is 0.102. The van der Waals surface area contributed by atoms with E-state index in [9.17, 15) is 4.79 Å². The van der Waals surface area contributed by atoms with Crippen molar-refractivity contribution >= 4 is 33.5 Å². The van der Waals surface area contributed by atoms with Crippen LogP contribution in [0.5, 0.6) is 0 Å². The monoisotopic (exact) mass is 276 g/mol. The molecule has 0 unspecified atom stereocenters. The van der Waals surface area contributed by atoms with Crippen molar-refractivity contribution in [2.75, 3.05) is 5.32 Å². The van der Waals surface area contributed by atoms with Gasteiger partial charge >= 0.3 is 0 Å². The van der Waals surface area contributed by atoms with E-state index in [0.29, 0.717) is 11.4 Å². The molecule has 2 heterocycles. The fourth-order valence-electron chi connectivity index (χ4n) is 2.51. The van der Waals surface area contributed by atoms with Gasteiger partial charge in [0, 0.05) is 17.0 Å². The highest BCUT2D eigenvalue weighted by atomic mass is 16.1. The zero-order valence-electron chi connectivity index (χ0n) is 11.1. The van der Waals surface area contributed by atoms with Crippen LogP contribution in [-0.4, -0.2) is 21.1 Å². The van der Waals surface area contributed by atoms with Gasteiger partial charge in [0.2, 0.25) is 0 Å². The number of rotatable bonds is 2. The van der Waals surface area contributed by atoms with E-state index in [1.54, 1.807) is 6.07 Å². The van der Waals surface area contributed by atoms with Crippen LogP contribution < -0.4 is 5.32 Å². The minimum atomic E-state index is -0.180. The standard InChI is InChI=1S/C16H12N4O/c21-16(12-6-3-4-10-8-9-17-14(10)12)18-15-11-5-1-2-7-13(11)19-20-15/h1-9,17H,(H2,18,19,20,21). The Balaban J connectivity index is 1.74. The van der Waals surface area contributed by atoms with Gasteiger partial charge in [0.15, 0.2) is 5.82 Å². The first-order chi connectivity index (χ1) is 10.3. The van der Waals surface area contributed by atoms with Crippen LogP contribution in [0.3, 0.4) is 0 Å². The predicted octanol–water partition coefficient (Wildman–Crippen LogP) is 3.30. The highest BCUT2D eigenvalue weighted by molar-refractivity contribution is 6.13. The van der Waals surface area contributed by atoms with Crippen LogP contribution in [0.2, 0.25) is 0 Å². The Morgan fingerprint density at radius 2 is 1.95 bits per heavy atom. The Bertz CT molecular complexity index is 951. The minimum absolute atomic E-state index is 0.180. The summed E-state index contributed by atoms with van der Waals surface area (Å²) in [5.41, 5.74) is 2.32. The molecule has 1 amide bonds. The molecule has 5 heteroatoms. The summed E-state index contributed by atoms with van der Waals surface area (Å²) >= 11 is 0. The van der Waals surface area contributed by atoms with Crippen molar-refractivity contribution in [1.82, 2.24) is 15.2 Å². The number of anilines is 1. The zero-order chi connectivity index (χ0) is 14.2. The van der Waals surface area contributed by atoms with Crippen molar-refractivity contribution < 1.29 is 4.79 Å². The number of nitrogens with zero attached hydrogens (tertiary/aromatic N) is 1. The van der Waals surface area contributed by atoms with Gasteiger partial charge in [-0.25, -0.2) is 0 Å². The molecule has 0 saturated heterocycles. The summed E-state index contributed by atoms with van der Waals surface area (Å²) in [7, 11) is 0. The van der Waals surface area contributed by atoms with Crippen LogP contribution in [0.25, 0.3) is 21.8 Å². The van der Waals surface area contributed by atoms with Gasteiger partial charge in [-0.15, -0.1) is 0 Å². The van der Waals surface area contributed by atoms with Crippen LogP contribution in [0.15, 0.2) is 54.7 Å². The molecular weight excluding hydrogens is 264 g/mol.